The summed E-state index contributed by atoms with van der Waals surface area (Å²) in [4.78, 5) is 41.4. The number of carbonyl (C=O) groups is 3. The van der Waals surface area contributed by atoms with E-state index in [4.69, 9.17) is 5.73 Å². The Balaban J connectivity index is 2.89. The lowest BCUT2D eigenvalue weighted by atomic mass is 9.97. The Morgan fingerprint density at radius 3 is 2.28 bits per heavy atom. The SMILES string of the molecule is CCC(=O)N(CCc1ccccc1)C(=O)[C@@H](C(=O)N(C)CCCCNC)[C@@H](C)N. The number of hydrogen-bond acceptors (Lipinski definition) is 5. The highest BCUT2D eigenvalue weighted by atomic mass is 16.2. The van der Waals surface area contributed by atoms with E-state index in [0.29, 0.717) is 13.0 Å². The van der Waals surface area contributed by atoms with Crippen LogP contribution >= 0.6 is 0 Å². The van der Waals surface area contributed by atoms with Gasteiger partial charge in [0.25, 0.3) is 0 Å². The summed E-state index contributed by atoms with van der Waals surface area (Å²) in [5.41, 5.74) is 7.05. The molecule has 2 atom stereocenters. The van der Waals surface area contributed by atoms with Crippen LogP contribution in [0.25, 0.3) is 0 Å². The molecule has 1 rings (SSSR count). The summed E-state index contributed by atoms with van der Waals surface area (Å²) in [7, 11) is 3.56. The van der Waals surface area contributed by atoms with Crippen LogP contribution < -0.4 is 11.1 Å². The molecule has 1 aromatic carbocycles. The number of unbranched alkanes of at least 4 members (excludes halogenated alkanes) is 1. The van der Waals surface area contributed by atoms with Crippen molar-refractivity contribution in [3.8, 4) is 0 Å². The van der Waals surface area contributed by atoms with Crippen LogP contribution in [0.5, 0.6) is 0 Å². The number of amides is 3. The van der Waals surface area contributed by atoms with E-state index in [1.54, 1.807) is 25.8 Å². The molecule has 0 fully saturated rings. The van der Waals surface area contributed by atoms with Crippen molar-refractivity contribution in [1.29, 1.82) is 0 Å². The third kappa shape index (κ3) is 7.95. The molecule has 0 aliphatic rings. The van der Waals surface area contributed by atoms with Gasteiger partial charge in [-0.2, -0.15) is 0 Å². The van der Waals surface area contributed by atoms with Crippen molar-refractivity contribution >= 4 is 17.7 Å². The first-order valence-corrected chi connectivity index (χ1v) is 10.4. The molecular weight excluding hydrogens is 368 g/mol. The maximum Gasteiger partial charge on any atom is 0.243 e. The number of rotatable bonds is 12. The summed E-state index contributed by atoms with van der Waals surface area (Å²) in [6.45, 7) is 5.00. The molecule has 0 radical (unpaired) electrons. The molecule has 29 heavy (non-hydrogen) atoms. The summed E-state index contributed by atoms with van der Waals surface area (Å²) >= 11 is 0. The molecule has 0 bridgehead atoms. The lowest BCUT2D eigenvalue weighted by Gasteiger charge is -2.30. The second-order valence-corrected chi connectivity index (χ2v) is 7.38. The number of imide groups is 1. The molecule has 162 valence electrons. The Hall–Kier alpha value is -2.25. The van der Waals surface area contributed by atoms with E-state index in [1.165, 1.54) is 4.90 Å². The van der Waals surface area contributed by atoms with Gasteiger partial charge in [0.05, 0.1) is 0 Å². The van der Waals surface area contributed by atoms with Crippen molar-refractivity contribution in [1.82, 2.24) is 15.1 Å². The fraction of sp³-hybridized carbons (Fsp3) is 0.591. The molecule has 3 N–H and O–H groups in total. The normalized spacial score (nSPS) is 12.9. The van der Waals surface area contributed by atoms with Gasteiger partial charge in [0.2, 0.25) is 17.7 Å². The molecular formula is C22H36N4O3. The van der Waals surface area contributed by atoms with Gasteiger partial charge in [-0.25, -0.2) is 0 Å². The first-order chi connectivity index (χ1) is 13.8. The van der Waals surface area contributed by atoms with Crippen LogP contribution in [0.4, 0.5) is 0 Å². The predicted molar refractivity (Wildman–Crippen MR) is 115 cm³/mol. The van der Waals surface area contributed by atoms with Gasteiger partial charge in [-0.1, -0.05) is 37.3 Å². The van der Waals surface area contributed by atoms with Gasteiger partial charge in [0.1, 0.15) is 5.92 Å². The predicted octanol–water partition coefficient (Wildman–Crippen LogP) is 1.42. The Kier molecular flexibility index (Phi) is 11.2. The van der Waals surface area contributed by atoms with Gasteiger partial charge in [0.15, 0.2) is 0 Å². The Morgan fingerprint density at radius 1 is 1.07 bits per heavy atom. The van der Waals surface area contributed by atoms with Gasteiger partial charge >= 0.3 is 0 Å². The van der Waals surface area contributed by atoms with Crippen LogP contribution in [0.3, 0.4) is 0 Å². The highest BCUT2D eigenvalue weighted by Crippen LogP contribution is 2.14. The van der Waals surface area contributed by atoms with Crippen LogP contribution in [-0.2, 0) is 20.8 Å². The number of hydrogen-bond donors (Lipinski definition) is 2. The molecule has 0 heterocycles. The lowest BCUT2D eigenvalue weighted by Crippen LogP contribution is -2.52. The number of carbonyl (C=O) groups excluding carboxylic acids is 3. The van der Waals surface area contributed by atoms with Gasteiger partial charge in [-0.05, 0) is 45.3 Å². The molecule has 7 heteroatoms. The number of nitrogens with one attached hydrogen (secondary N) is 1. The van der Waals surface area contributed by atoms with Crippen LogP contribution in [0.2, 0.25) is 0 Å². The Labute approximate surface area is 174 Å². The largest absolute Gasteiger partial charge is 0.345 e. The smallest absolute Gasteiger partial charge is 0.243 e. The molecule has 0 unspecified atom stereocenters. The van der Waals surface area contributed by atoms with Crippen LogP contribution in [0.15, 0.2) is 30.3 Å². The molecule has 0 saturated heterocycles. The third-order valence-corrected chi connectivity index (χ3v) is 4.94. The lowest BCUT2D eigenvalue weighted by molar-refractivity contribution is -0.152. The standard InChI is InChI=1S/C22H36N4O3/c1-5-19(27)26(16-13-18-11-7-6-8-12-18)22(29)20(17(2)23)21(28)25(4)15-10-9-14-24-3/h6-8,11-12,17,20,24H,5,9-10,13-16,23H2,1-4H3/t17-,20-/m1/s1. The van der Waals surface area contributed by atoms with Crippen molar-refractivity contribution < 1.29 is 14.4 Å². The van der Waals surface area contributed by atoms with Crippen molar-refractivity contribution in [2.24, 2.45) is 11.7 Å². The highest BCUT2D eigenvalue weighted by molar-refractivity contribution is 6.07. The topological polar surface area (TPSA) is 95.7 Å². The molecule has 3 amide bonds. The number of benzene rings is 1. The van der Waals surface area contributed by atoms with Gasteiger partial charge < -0.3 is 16.0 Å². The zero-order chi connectivity index (χ0) is 21.8. The summed E-state index contributed by atoms with van der Waals surface area (Å²) in [6, 6.07) is 8.97. The minimum atomic E-state index is -1.06. The van der Waals surface area contributed by atoms with E-state index in [1.807, 2.05) is 37.4 Å². The Bertz CT molecular complexity index is 649. The van der Waals surface area contributed by atoms with E-state index < -0.39 is 17.9 Å². The van der Waals surface area contributed by atoms with Gasteiger partial charge in [-0.15, -0.1) is 0 Å². The highest BCUT2D eigenvalue weighted by Gasteiger charge is 2.37. The van der Waals surface area contributed by atoms with E-state index in [9.17, 15) is 14.4 Å². The zero-order valence-electron chi connectivity index (χ0n) is 18.2. The first-order valence-electron chi connectivity index (χ1n) is 10.4. The quantitative estimate of drug-likeness (QED) is 0.406. The first kappa shape index (κ1) is 24.8. The minimum absolute atomic E-state index is 0.195. The molecule has 0 saturated carbocycles. The molecule has 1 aromatic rings. The fourth-order valence-corrected chi connectivity index (χ4v) is 3.16. The zero-order valence-corrected chi connectivity index (χ0v) is 18.2. The van der Waals surface area contributed by atoms with Crippen LogP contribution in [0.1, 0.15) is 38.7 Å². The van der Waals surface area contributed by atoms with Gasteiger partial charge in [0, 0.05) is 32.6 Å². The van der Waals surface area contributed by atoms with Gasteiger partial charge in [-0.3, -0.25) is 19.3 Å². The van der Waals surface area contributed by atoms with E-state index >= 15 is 0 Å². The molecule has 0 aromatic heterocycles. The average molecular weight is 405 g/mol. The average Bonchev–Trinajstić information content (AvgIpc) is 2.71. The second-order valence-electron chi connectivity index (χ2n) is 7.38. The monoisotopic (exact) mass is 404 g/mol. The van der Waals surface area contributed by atoms with E-state index in [-0.39, 0.29) is 24.8 Å². The van der Waals surface area contributed by atoms with Crippen molar-refractivity contribution in [3.05, 3.63) is 35.9 Å². The number of nitrogens with zero attached hydrogens (tertiary/aromatic N) is 2. The van der Waals surface area contributed by atoms with Crippen LogP contribution in [-0.4, -0.2) is 67.3 Å². The second kappa shape index (κ2) is 13.1. The fourth-order valence-electron chi connectivity index (χ4n) is 3.16. The van der Waals surface area contributed by atoms with Crippen molar-refractivity contribution in [3.63, 3.8) is 0 Å². The summed E-state index contributed by atoms with van der Waals surface area (Å²) in [6.07, 6.45) is 2.50. The van der Waals surface area contributed by atoms with Crippen LogP contribution in [0, 0.1) is 5.92 Å². The number of nitrogens with two attached hydrogens (primary N) is 1. The minimum Gasteiger partial charge on any atom is -0.345 e. The van der Waals surface area contributed by atoms with E-state index in [0.717, 1.165) is 24.9 Å². The third-order valence-electron chi connectivity index (χ3n) is 4.94. The molecule has 0 aliphatic heterocycles. The van der Waals surface area contributed by atoms with Crippen molar-refractivity contribution in [2.75, 3.05) is 33.7 Å². The summed E-state index contributed by atoms with van der Waals surface area (Å²) < 4.78 is 0. The Morgan fingerprint density at radius 2 is 1.72 bits per heavy atom. The molecule has 7 nitrogen and oxygen atoms in total. The molecule has 0 spiro atoms. The summed E-state index contributed by atoms with van der Waals surface area (Å²) in [5, 5.41) is 3.07. The summed E-state index contributed by atoms with van der Waals surface area (Å²) in [5.74, 6) is -2.19. The maximum absolute atomic E-state index is 13.2. The maximum atomic E-state index is 13.2. The molecule has 0 aliphatic carbocycles. The van der Waals surface area contributed by atoms with E-state index in [2.05, 4.69) is 5.32 Å². The van der Waals surface area contributed by atoms with Crippen molar-refractivity contribution in [2.45, 2.75) is 45.6 Å².